The molecule has 20 heavy (non-hydrogen) atoms. The molecule has 1 aliphatic heterocycles. The summed E-state index contributed by atoms with van der Waals surface area (Å²) in [6.07, 6.45) is 4.97. The Morgan fingerprint density at radius 1 is 1.30 bits per heavy atom. The molecule has 1 amide bonds. The molecule has 0 bridgehead atoms. The van der Waals surface area contributed by atoms with Crippen molar-refractivity contribution in [3.05, 3.63) is 36.2 Å². The summed E-state index contributed by atoms with van der Waals surface area (Å²) >= 11 is 0. The molecule has 1 saturated heterocycles. The first-order chi connectivity index (χ1) is 9.78. The topological polar surface area (TPSA) is 46.1 Å². The third kappa shape index (κ3) is 2.48. The molecule has 0 N–H and O–H groups in total. The Morgan fingerprint density at radius 3 is 2.90 bits per heavy atom. The minimum atomic E-state index is -0.354. The largest absolute Gasteiger partial charge is 0.338 e. The fourth-order valence-electron chi connectivity index (χ4n) is 2.65. The molecule has 1 fully saturated rings. The maximum absolute atomic E-state index is 12.8. The van der Waals surface area contributed by atoms with Gasteiger partial charge in [0.15, 0.2) is 0 Å². The van der Waals surface area contributed by atoms with Crippen LogP contribution in [0.4, 0.5) is 4.39 Å². The number of aromatic nitrogens is 2. The van der Waals surface area contributed by atoms with E-state index in [9.17, 15) is 9.18 Å². The van der Waals surface area contributed by atoms with Gasteiger partial charge in [-0.3, -0.25) is 19.2 Å². The van der Waals surface area contributed by atoms with Crippen LogP contribution in [0.3, 0.4) is 0 Å². The number of likely N-dealkylation sites (tertiary alicyclic amines) is 1. The van der Waals surface area contributed by atoms with Gasteiger partial charge in [0.1, 0.15) is 0 Å². The van der Waals surface area contributed by atoms with Crippen LogP contribution in [0.5, 0.6) is 0 Å². The first-order valence-corrected chi connectivity index (χ1v) is 6.84. The molecule has 0 spiro atoms. The Morgan fingerprint density at radius 2 is 2.10 bits per heavy atom. The smallest absolute Gasteiger partial charge is 0.253 e. The lowest BCUT2D eigenvalue weighted by Crippen LogP contribution is -2.40. The van der Waals surface area contributed by atoms with E-state index in [2.05, 4.69) is 9.97 Å². The third-order valence-corrected chi connectivity index (χ3v) is 3.74. The highest BCUT2D eigenvalue weighted by molar-refractivity contribution is 5.97. The third-order valence-electron chi connectivity index (χ3n) is 3.74. The monoisotopic (exact) mass is 273 g/mol. The fourth-order valence-corrected chi connectivity index (χ4v) is 2.65. The second kappa shape index (κ2) is 5.53. The number of halogens is 1. The van der Waals surface area contributed by atoms with Crippen molar-refractivity contribution >= 4 is 16.9 Å². The number of benzene rings is 1. The van der Waals surface area contributed by atoms with Crippen LogP contribution in [0.25, 0.3) is 11.0 Å². The Labute approximate surface area is 116 Å². The predicted octanol–water partition coefficient (Wildman–Crippen LogP) is 2.45. The molecule has 0 radical (unpaired) electrons. The van der Waals surface area contributed by atoms with Crippen molar-refractivity contribution in [1.29, 1.82) is 0 Å². The second-order valence-corrected chi connectivity index (χ2v) is 5.17. The van der Waals surface area contributed by atoms with Crippen LogP contribution < -0.4 is 0 Å². The Kier molecular flexibility index (Phi) is 3.58. The lowest BCUT2D eigenvalue weighted by molar-refractivity contribution is 0.0657. The average molecular weight is 273 g/mol. The zero-order valence-corrected chi connectivity index (χ0v) is 11.1. The number of hydrogen-bond donors (Lipinski definition) is 0. The number of fused-ring (bicyclic) bond motifs is 1. The van der Waals surface area contributed by atoms with Gasteiger partial charge in [0.2, 0.25) is 0 Å². The number of piperidine rings is 1. The van der Waals surface area contributed by atoms with Gasteiger partial charge in [-0.05, 0) is 31.0 Å². The molecular weight excluding hydrogens is 257 g/mol. The minimum absolute atomic E-state index is 0.0204. The molecule has 2 aromatic rings. The molecule has 5 heteroatoms. The van der Waals surface area contributed by atoms with Gasteiger partial charge in [-0.15, -0.1) is 0 Å². The number of nitrogens with zero attached hydrogens (tertiary/aromatic N) is 3. The first-order valence-electron chi connectivity index (χ1n) is 6.84. The van der Waals surface area contributed by atoms with Crippen LogP contribution in [-0.4, -0.2) is 40.5 Å². The summed E-state index contributed by atoms with van der Waals surface area (Å²) in [7, 11) is 0. The van der Waals surface area contributed by atoms with E-state index in [1.807, 2.05) is 0 Å². The molecule has 1 atom stereocenters. The van der Waals surface area contributed by atoms with Crippen molar-refractivity contribution in [3.8, 4) is 0 Å². The molecule has 1 unspecified atom stereocenters. The second-order valence-electron chi connectivity index (χ2n) is 5.17. The summed E-state index contributed by atoms with van der Waals surface area (Å²) in [6, 6.07) is 5.31. The lowest BCUT2D eigenvalue weighted by atomic mass is 9.98. The van der Waals surface area contributed by atoms with Crippen molar-refractivity contribution in [3.63, 3.8) is 0 Å². The van der Waals surface area contributed by atoms with Crippen molar-refractivity contribution in [2.24, 2.45) is 5.92 Å². The van der Waals surface area contributed by atoms with E-state index in [-0.39, 0.29) is 18.5 Å². The van der Waals surface area contributed by atoms with Crippen molar-refractivity contribution in [2.45, 2.75) is 12.8 Å². The van der Waals surface area contributed by atoms with E-state index in [0.717, 1.165) is 18.4 Å². The number of carbonyl (C=O) groups is 1. The van der Waals surface area contributed by atoms with E-state index < -0.39 is 0 Å². The maximum atomic E-state index is 12.8. The Bertz CT molecular complexity index is 631. The van der Waals surface area contributed by atoms with Crippen LogP contribution in [0.1, 0.15) is 23.2 Å². The van der Waals surface area contributed by atoms with Gasteiger partial charge in [0.05, 0.1) is 17.7 Å². The van der Waals surface area contributed by atoms with Crippen molar-refractivity contribution in [2.75, 3.05) is 19.8 Å². The van der Waals surface area contributed by atoms with E-state index in [4.69, 9.17) is 0 Å². The summed E-state index contributed by atoms with van der Waals surface area (Å²) < 4.78 is 12.8. The number of amides is 1. The molecule has 3 rings (SSSR count). The van der Waals surface area contributed by atoms with Crippen molar-refractivity contribution < 1.29 is 9.18 Å². The summed E-state index contributed by atoms with van der Waals surface area (Å²) in [5, 5.41) is 0. The molecule has 0 saturated carbocycles. The normalized spacial score (nSPS) is 19.2. The highest BCUT2D eigenvalue weighted by atomic mass is 19.1. The molecule has 0 aliphatic carbocycles. The summed E-state index contributed by atoms with van der Waals surface area (Å²) in [5.74, 6) is -0.0661. The van der Waals surface area contributed by atoms with Crippen LogP contribution in [0.15, 0.2) is 30.6 Å². The summed E-state index contributed by atoms with van der Waals surface area (Å²) in [5.41, 5.74) is 2.07. The highest BCUT2D eigenvalue weighted by Crippen LogP contribution is 2.20. The van der Waals surface area contributed by atoms with Gasteiger partial charge < -0.3 is 4.90 Å². The number of hydrogen-bond acceptors (Lipinski definition) is 3. The van der Waals surface area contributed by atoms with E-state index in [1.54, 1.807) is 35.5 Å². The van der Waals surface area contributed by atoms with E-state index in [0.29, 0.717) is 24.2 Å². The number of alkyl halides is 1. The molecule has 1 aromatic heterocycles. The van der Waals surface area contributed by atoms with Crippen LogP contribution >= 0.6 is 0 Å². The van der Waals surface area contributed by atoms with E-state index in [1.165, 1.54) is 0 Å². The predicted molar refractivity (Wildman–Crippen MR) is 74.1 cm³/mol. The fraction of sp³-hybridized carbons (Fsp3) is 0.400. The quantitative estimate of drug-likeness (QED) is 0.844. The average Bonchev–Trinajstić information content (AvgIpc) is 2.53. The summed E-state index contributed by atoms with van der Waals surface area (Å²) in [6.45, 7) is 0.856. The van der Waals surface area contributed by atoms with Gasteiger partial charge in [-0.1, -0.05) is 0 Å². The van der Waals surface area contributed by atoms with Gasteiger partial charge in [-0.2, -0.15) is 0 Å². The zero-order chi connectivity index (χ0) is 13.9. The maximum Gasteiger partial charge on any atom is 0.253 e. The number of rotatable bonds is 2. The molecule has 104 valence electrons. The number of carbonyl (C=O) groups excluding carboxylic acids is 1. The van der Waals surface area contributed by atoms with Gasteiger partial charge in [-0.25, -0.2) is 0 Å². The van der Waals surface area contributed by atoms with Gasteiger partial charge >= 0.3 is 0 Å². The Balaban J connectivity index is 1.84. The van der Waals surface area contributed by atoms with Gasteiger partial charge in [0, 0.05) is 37.0 Å². The SMILES string of the molecule is O=C(c1ccc2nccnc2c1)N1CCCC(CF)C1. The summed E-state index contributed by atoms with van der Waals surface area (Å²) in [4.78, 5) is 22.6. The Hall–Kier alpha value is -2.04. The minimum Gasteiger partial charge on any atom is -0.338 e. The van der Waals surface area contributed by atoms with Gasteiger partial charge in [0.25, 0.3) is 5.91 Å². The first kappa shape index (κ1) is 13.0. The van der Waals surface area contributed by atoms with Crippen LogP contribution in [-0.2, 0) is 0 Å². The van der Waals surface area contributed by atoms with E-state index >= 15 is 0 Å². The molecule has 4 nitrogen and oxygen atoms in total. The zero-order valence-electron chi connectivity index (χ0n) is 11.1. The standard InChI is InChI=1S/C15H16FN3O/c16-9-11-2-1-7-19(10-11)15(20)12-3-4-13-14(8-12)18-6-5-17-13/h3-6,8,11H,1-2,7,9-10H2. The molecular formula is C15H16FN3O. The molecule has 1 aliphatic rings. The highest BCUT2D eigenvalue weighted by Gasteiger charge is 2.24. The van der Waals surface area contributed by atoms with Crippen molar-refractivity contribution in [1.82, 2.24) is 14.9 Å². The molecule has 2 heterocycles. The van der Waals surface area contributed by atoms with Crippen LogP contribution in [0.2, 0.25) is 0 Å². The molecule has 1 aromatic carbocycles. The lowest BCUT2D eigenvalue weighted by Gasteiger charge is -2.31. The van der Waals surface area contributed by atoms with Crippen LogP contribution in [0, 0.1) is 5.92 Å².